The van der Waals surface area contributed by atoms with E-state index < -0.39 is 5.82 Å². The second kappa shape index (κ2) is 8.88. The van der Waals surface area contributed by atoms with Crippen molar-refractivity contribution in [3.8, 4) is 29.0 Å². The van der Waals surface area contributed by atoms with Gasteiger partial charge in [0.1, 0.15) is 17.7 Å². The van der Waals surface area contributed by atoms with Crippen molar-refractivity contribution in [3.05, 3.63) is 59.3 Å². The third-order valence-corrected chi connectivity index (χ3v) is 6.36. The van der Waals surface area contributed by atoms with Crippen LogP contribution in [0.25, 0.3) is 17.1 Å². The number of imidazole rings is 1. The Morgan fingerprint density at radius 2 is 2.09 bits per heavy atom. The van der Waals surface area contributed by atoms with E-state index in [0.717, 1.165) is 31.4 Å². The fraction of sp³-hybridized carbons (Fsp3) is 0.360. The number of benzene rings is 1. The number of aromatic nitrogens is 3. The van der Waals surface area contributed by atoms with E-state index in [1.54, 1.807) is 30.3 Å². The molecule has 9 heteroatoms. The molecular weight excluding hydrogens is 435 g/mol. The number of methoxy groups -OCH3 is 1. The molecule has 0 spiro atoms. The smallest absolute Gasteiger partial charge is 0.274 e. The molecule has 1 aromatic carbocycles. The Bertz CT molecular complexity index is 1280. The summed E-state index contributed by atoms with van der Waals surface area (Å²) in [5.41, 5.74) is 8.43. The van der Waals surface area contributed by atoms with E-state index in [9.17, 15) is 9.18 Å². The SMILES string of the molecule is COc1ccc(-n2c(-c3ccc(C#N)c(F)c3)nc(C(=O)N3CCC[C@H](N)C3)c2C2CC2)cn1. The molecule has 0 bridgehead atoms. The Hall–Kier alpha value is -3.77. The number of halogens is 1. The lowest BCUT2D eigenvalue weighted by molar-refractivity contribution is 0.0702. The van der Waals surface area contributed by atoms with Crippen molar-refractivity contribution in [3.63, 3.8) is 0 Å². The van der Waals surface area contributed by atoms with Gasteiger partial charge in [0, 0.05) is 36.7 Å². The van der Waals surface area contributed by atoms with Gasteiger partial charge in [0.2, 0.25) is 5.88 Å². The van der Waals surface area contributed by atoms with Crippen LogP contribution in [0, 0.1) is 17.1 Å². The lowest BCUT2D eigenvalue weighted by Crippen LogP contribution is -2.46. The molecule has 2 fully saturated rings. The molecule has 1 saturated carbocycles. The standard InChI is InChI=1S/C25H25FN6O2/c1-34-21-9-8-19(13-29-21)32-23(15-4-5-15)22(25(33)31-10-2-3-18(28)14-31)30-24(32)16-6-7-17(12-27)20(26)11-16/h6-9,11,13,15,18H,2-5,10,14,28H2,1H3/t18-/m0/s1. The summed E-state index contributed by atoms with van der Waals surface area (Å²) in [5.74, 6) is 0.269. The normalized spacial score (nSPS) is 17.9. The van der Waals surface area contributed by atoms with Crippen molar-refractivity contribution in [2.75, 3.05) is 20.2 Å². The molecule has 1 aliphatic carbocycles. The number of pyridine rings is 1. The number of amides is 1. The van der Waals surface area contributed by atoms with Gasteiger partial charge in [0.05, 0.1) is 30.3 Å². The summed E-state index contributed by atoms with van der Waals surface area (Å²) >= 11 is 0. The molecule has 3 aromatic rings. The van der Waals surface area contributed by atoms with Crippen molar-refractivity contribution in [2.24, 2.45) is 5.73 Å². The number of nitriles is 1. The Morgan fingerprint density at radius 1 is 1.26 bits per heavy atom. The van der Waals surface area contributed by atoms with Crippen LogP contribution in [0.2, 0.25) is 0 Å². The average Bonchev–Trinajstić information content (AvgIpc) is 3.62. The Kier molecular flexibility index (Phi) is 5.75. The van der Waals surface area contributed by atoms with Crippen LogP contribution in [0.15, 0.2) is 36.5 Å². The monoisotopic (exact) mass is 460 g/mol. The van der Waals surface area contributed by atoms with E-state index in [1.165, 1.54) is 12.1 Å². The van der Waals surface area contributed by atoms with Gasteiger partial charge in [0.15, 0.2) is 5.69 Å². The van der Waals surface area contributed by atoms with Crippen molar-refractivity contribution in [1.82, 2.24) is 19.4 Å². The summed E-state index contributed by atoms with van der Waals surface area (Å²) in [6, 6.07) is 9.74. The number of carbonyl (C=O) groups excluding carboxylic acids is 1. The van der Waals surface area contributed by atoms with E-state index in [-0.39, 0.29) is 23.4 Å². The Morgan fingerprint density at radius 3 is 2.71 bits per heavy atom. The minimum atomic E-state index is -0.634. The van der Waals surface area contributed by atoms with Crippen LogP contribution in [0.4, 0.5) is 4.39 Å². The summed E-state index contributed by atoms with van der Waals surface area (Å²) in [6.07, 6.45) is 5.27. The molecule has 3 heterocycles. The fourth-order valence-electron chi connectivity index (χ4n) is 4.49. The number of hydrogen-bond acceptors (Lipinski definition) is 6. The first-order valence-electron chi connectivity index (χ1n) is 11.4. The van der Waals surface area contributed by atoms with Crippen LogP contribution < -0.4 is 10.5 Å². The summed E-state index contributed by atoms with van der Waals surface area (Å²) in [4.78, 5) is 24.5. The number of nitrogens with two attached hydrogens (primary N) is 1. The first-order chi connectivity index (χ1) is 16.5. The summed E-state index contributed by atoms with van der Waals surface area (Å²) in [6.45, 7) is 1.12. The van der Waals surface area contributed by atoms with Gasteiger partial charge in [-0.1, -0.05) is 0 Å². The van der Waals surface area contributed by atoms with Gasteiger partial charge >= 0.3 is 0 Å². The number of piperidine rings is 1. The topological polar surface area (TPSA) is 110 Å². The van der Waals surface area contributed by atoms with Gasteiger partial charge in [-0.15, -0.1) is 0 Å². The molecule has 174 valence electrons. The summed E-state index contributed by atoms with van der Waals surface area (Å²) in [5, 5.41) is 9.14. The van der Waals surface area contributed by atoms with Gasteiger partial charge in [-0.05, 0) is 49.9 Å². The maximum atomic E-state index is 14.6. The molecule has 1 aliphatic heterocycles. The lowest BCUT2D eigenvalue weighted by Gasteiger charge is -2.30. The highest BCUT2D eigenvalue weighted by Crippen LogP contribution is 2.45. The molecule has 5 rings (SSSR count). The zero-order valence-electron chi connectivity index (χ0n) is 18.9. The van der Waals surface area contributed by atoms with Gasteiger partial charge in [-0.3, -0.25) is 9.36 Å². The molecule has 0 unspecified atom stereocenters. The molecule has 2 aliphatic rings. The van der Waals surface area contributed by atoms with Gasteiger partial charge < -0.3 is 15.4 Å². The number of likely N-dealkylation sites (tertiary alicyclic amines) is 1. The molecule has 2 aromatic heterocycles. The minimum Gasteiger partial charge on any atom is -0.481 e. The quantitative estimate of drug-likeness (QED) is 0.625. The van der Waals surface area contributed by atoms with Gasteiger partial charge in [-0.25, -0.2) is 14.4 Å². The summed E-state index contributed by atoms with van der Waals surface area (Å²) in [7, 11) is 1.54. The van der Waals surface area contributed by atoms with Gasteiger partial charge in [0.25, 0.3) is 5.91 Å². The molecule has 8 nitrogen and oxygen atoms in total. The number of rotatable bonds is 5. The van der Waals surface area contributed by atoms with Crippen LogP contribution in [-0.4, -0.2) is 51.6 Å². The molecule has 1 saturated heterocycles. The Labute approximate surface area is 196 Å². The number of ether oxygens (including phenoxy) is 1. The predicted molar refractivity (Wildman–Crippen MR) is 123 cm³/mol. The van der Waals surface area contributed by atoms with E-state index in [0.29, 0.717) is 41.7 Å². The third kappa shape index (κ3) is 4.01. The number of nitrogens with zero attached hydrogens (tertiary/aromatic N) is 5. The van der Waals surface area contributed by atoms with E-state index in [2.05, 4.69) is 4.98 Å². The van der Waals surface area contributed by atoms with Crippen molar-refractivity contribution in [1.29, 1.82) is 5.26 Å². The largest absolute Gasteiger partial charge is 0.481 e. The van der Waals surface area contributed by atoms with E-state index >= 15 is 0 Å². The fourth-order valence-corrected chi connectivity index (χ4v) is 4.49. The molecule has 34 heavy (non-hydrogen) atoms. The highest BCUT2D eigenvalue weighted by Gasteiger charge is 2.37. The van der Waals surface area contributed by atoms with Crippen LogP contribution in [0.3, 0.4) is 0 Å². The second-order valence-corrected chi connectivity index (χ2v) is 8.80. The average molecular weight is 461 g/mol. The molecular formula is C25H25FN6O2. The maximum absolute atomic E-state index is 14.6. The lowest BCUT2D eigenvalue weighted by atomic mass is 10.1. The summed E-state index contributed by atoms with van der Waals surface area (Å²) < 4.78 is 21.6. The number of hydrogen-bond donors (Lipinski definition) is 1. The van der Waals surface area contributed by atoms with Gasteiger partial charge in [-0.2, -0.15) is 5.26 Å². The number of carbonyl (C=O) groups is 1. The van der Waals surface area contributed by atoms with Crippen LogP contribution >= 0.6 is 0 Å². The zero-order chi connectivity index (χ0) is 23.8. The van der Waals surface area contributed by atoms with E-state index in [1.807, 2.05) is 16.7 Å². The molecule has 2 N–H and O–H groups in total. The van der Waals surface area contributed by atoms with Crippen LogP contribution in [0.5, 0.6) is 5.88 Å². The van der Waals surface area contributed by atoms with Crippen molar-refractivity contribution >= 4 is 5.91 Å². The third-order valence-electron chi connectivity index (χ3n) is 6.36. The molecule has 0 radical (unpaired) electrons. The van der Waals surface area contributed by atoms with Crippen LogP contribution in [-0.2, 0) is 0 Å². The first kappa shape index (κ1) is 22.0. The zero-order valence-corrected chi connectivity index (χ0v) is 18.9. The molecule has 1 amide bonds. The minimum absolute atomic E-state index is 0.0472. The predicted octanol–water partition coefficient (Wildman–Crippen LogP) is 3.39. The maximum Gasteiger partial charge on any atom is 0.274 e. The Balaban J connectivity index is 1.69. The molecule has 1 atom stereocenters. The highest BCUT2D eigenvalue weighted by atomic mass is 19.1. The first-order valence-corrected chi connectivity index (χ1v) is 11.4. The van der Waals surface area contributed by atoms with E-state index in [4.69, 9.17) is 20.7 Å². The van der Waals surface area contributed by atoms with Crippen LogP contribution in [0.1, 0.15) is 53.3 Å². The van der Waals surface area contributed by atoms with Crippen molar-refractivity contribution < 1.29 is 13.9 Å². The highest BCUT2D eigenvalue weighted by molar-refractivity contribution is 5.95. The van der Waals surface area contributed by atoms with Crippen molar-refractivity contribution in [2.45, 2.75) is 37.6 Å². The second-order valence-electron chi connectivity index (χ2n) is 8.80.